The highest BCUT2D eigenvalue weighted by Crippen LogP contribution is 2.14. The van der Waals surface area contributed by atoms with E-state index in [1.165, 1.54) is 0 Å². The number of anilines is 3. The van der Waals surface area contributed by atoms with Crippen LogP contribution in [0.4, 0.5) is 17.8 Å². The maximum Gasteiger partial charge on any atom is 0.231 e. The molecule has 6 heteroatoms. The van der Waals surface area contributed by atoms with Crippen LogP contribution in [-0.2, 0) is 0 Å². The highest BCUT2D eigenvalue weighted by atomic mass is 15.3. The highest BCUT2D eigenvalue weighted by molar-refractivity contribution is 5.45. The molecule has 1 aromatic heterocycles. The first kappa shape index (κ1) is 15.7. The molecular formula is C14H22N6. The van der Waals surface area contributed by atoms with E-state index >= 15 is 0 Å². The molecule has 20 heavy (non-hydrogen) atoms. The Morgan fingerprint density at radius 3 is 1.80 bits per heavy atom. The van der Waals surface area contributed by atoms with Gasteiger partial charge in [-0.2, -0.15) is 15.0 Å². The summed E-state index contributed by atoms with van der Waals surface area (Å²) in [7, 11) is 3.82. The lowest BCUT2D eigenvalue weighted by Gasteiger charge is -2.20. The van der Waals surface area contributed by atoms with Gasteiger partial charge < -0.3 is 15.1 Å². The zero-order valence-electron chi connectivity index (χ0n) is 12.2. The summed E-state index contributed by atoms with van der Waals surface area (Å²) >= 11 is 0. The number of hydrogen-bond donors (Lipinski definition) is 1. The molecule has 0 bridgehead atoms. The standard InChI is InChI=1S/C14H22N6/c1-6-9-15-12-16-13(19(4)10-7-2)18-14(17-12)20(5)11-8-3/h6-8H,1-3,9-11H2,4-5H3,(H,15,16,17,18). The Kier molecular flexibility index (Phi) is 6.22. The largest absolute Gasteiger partial charge is 0.351 e. The van der Waals surface area contributed by atoms with Gasteiger partial charge >= 0.3 is 0 Å². The van der Waals surface area contributed by atoms with Crippen LogP contribution in [0.5, 0.6) is 0 Å². The summed E-state index contributed by atoms with van der Waals surface area (Å²) < 4.78 is 0. The van der Waals surface area contributed by atoms with Crippen LogP contribution in [0.3, 0.4) is 0 Å². The number of rotatable bonds is 9. The first-order valence-electron chi connectivity index (χ1n) is 6.37. The summed E-state index contributed by atoms with van der Waals surface area (Å²) in [5.74, 6) is 1.71. The molecule has 1 aromatic rings. The third kappa shape index (κ3) is 4.38. The van der Waals surface area contributed by atoms with Crippen molar-refractivity contribution in [3.8, 4) is 0 Å². The van der Waals surface area contributed by atoms with Crippen molar-refractivity contribution in [2.24, 2.45) is 0 Å². The Balaban J connectivity index is 3.08. The minimum Gasteiger partial charge on any atom is -0.351 e. The molecule has 0 fully saturated rings. The topological polar surface area (TPSA) is 57.2 Å². The molecule has 108 valence electrons. The van der Waals surface area contributed by atoms with E-state index < -0.39 is 0 Å². The summed E-state index contributed by atoms with van der Waals surface area (Å²) in [5.41, 5.74) is 0. The summed E-state index contributed by atoms with van der Waals surface area (Å²) in [4.78, 5) is 17.0. The zero-order chi connectivity index (χ0) is 15.0. The Morgan fingerprint density at radius 2 is 1.40 bits per heavy atom. The second-order valence-corrected chi connectivity index (χ2v) is 4.27. The van der Waals surface area contributed by atoms with E-state index in [4.69, 9.17) is 0 Å². The van der Waals surface area contributed by atoms with Crippen LogP contribution >= 0.6 is 0 Å². The molecule has 0 amide bonds. The molecule has 0 spiro atoms. The molecule has 0 aliphatic heterocycles. The number of nitrogens with one attached hydrogen (secondary N) is 1. The van der Waals surface area contributed by atoms with E-state index in [1.807, 2.05) is 23.9 Å². The lowest BCUT2D eigenvalue weighted by molar-refractivity contribution is 0.873. The van der Waals surface area contributed by atoms with Crippen molar-refractivity contribution >= 4 is 17.8 Å². The van der Waals surface area contributed by atoms with Crippen LogP contribution in [-0.4, -0.2) is 48.7 Å². The Hall–Kier alpha value is -2.37. The minimum absolute atomic E-state index is 0.525. The molecule has 0 unspecified atom stereocenters. The molecule has 0 aliphatic carbocycles. The van der Waals surface area contributed by atoms with Gasteiger partial charge in [-0.3, -0.25) is 0 Å². The fourth-order valence-corrected chi connectivity index (χ4v) is 1.49. The third-order valence-electron chi connectivity index (χ3n) is 2.51. The van der Waals surface area contributed by atoms with Gasteiger partial charge in [-0.05, 0) is 0 Å². The normalized spacial score (nSPS) is 9.70. The fraction of sp³-hybridized carbons (Fsp3) is 0.357. The Morgan fingerprint density at radius 1 is 0.900 bits per heavy atom. The molecule has 0 radical (unpaired) electrons. The maximum absolute atomic E-state index is 4.45. The van der Waals surface area contributed by atoms with Gasteiger partial charge in [0.15, 0.2) is 0 Å². The molecule has 1 rings (SSSR count). The molecule has 6 nitrogen and oxygen atoms in total. The van der Waals surface area contributed by atoms with Crippen molar-refractivity contribution in [1.29, 1.82) is 0 Å². The van der Waals surface area contributed by atoms with E-state index in [2.05, 4.69) is 40.0 Å². The van der Waals surface area contributed by atoms with Crippen molar-refractivity contribution in [3.05, 3.63) is 38.0 Å². The predicted molar refractivity (Wildman–Crippen MR) is 85.4 cm³/mol. The van der Waals surface area contributed by atoms with Crippen molar-refractivity contribution < 1.29 is 0 Å². The summed E-state index contributed by atoms with van der Waals surface area (Å²) in [5, 5.41) is 3.08. The van der Waals surface area contributed by atoms with Gasteiger partial charge in [0.2, 0.25) is 17.8 Å². The molecule has 1 heterocycles. The van der Waals surface area contributed by atoms with Gasteiger partial charge in [-0.15, -0.1) is 19.7 Å². The SMILES string of the molecule is C=CCNc1nc(N(C)CC=C)nc(N(C)CC=C)n1. The van der Waals surface area contributed by atoms with Crippen molar-refractivity contribution in [1.82, 2.24) is 15.0 Å². The lowest BCUT2D eigenvalue weighted by Crippen LogP contribution is -2.25. The van der Waals surface area contributed by atoms with E-state index in [9.17, 15) is 0 Å². The molecule has 0 aromatic carbocycles. The number of nitrogens with zero attached hydrogens (tertiary/aromatic N) is 5. The first-order valence-corrected chi connectivity index (χ1v) is 6.37. The molecule has 1 N–H and O–H groups in total. The van der Waals surface area contributed by atoms with Gasteiger partial charge in [-0.1, -0.05) is 18.2 Å². The van der Waals surface area contributed by atoms with Gasteiger partial charge in [0, 0.05) is 33.7 Å². The molecule has 0 saturated heterocycles. The van der Waals surface area contributed by atoms with Gasteiger partial charge in [0.1, 0.15) is 0 Å². The fourth-order valence-electron chi connectivity index (χ4n) is 1.49. The second-order valence-electron chi connectivity index (χ2n) is 4.27. The smallest absolute Gasteiger partial charge is 0.231 e. The second kappa shape index (κ2) is 7.93. The highest BCUT2D eigenvalue weighted by Gasteiger charge is 2.11. The van der Waals surface area contributed by atoms with Crippen molar-refractivity contribution in [2.75, 3.05) is 48.8 Å². The van der Waals surface area contributed by atoms with E-state index in [0.717, 1.165) is 0 Å². The zero-order valence-corrected chi connectivity index (χ0v) is 12.2. The molecule has 0 saturated carbocycles. The number of aromatic nitrogens is 3. The molecule has 0 atom stereocenters. The summed E-state index contributed by atoms with van der Waals surface area (Å²) in [6, 6.07) is 0. The van der Waals surface area contributed by atoms with Crippen molar-refractivity contribution in [2.45, 2.75) is 0 Å². The lowest BCUT2D eigenvalue weighted by atomic mass is 10.5. The van der Waals surface area contributed by atoms with Gasteiger partial charge in [0.05, 0.1) is 0 Å². The minimum atomic E-state index is 0.525. The summed E-state index contributed by atoms with van der Waals surface area (Å²) in [6.07, 6.45) is 5.35. The van der Waals surface area contributed by atoms with Crippen LogP contribution < -0.4 is 15.1 Å². The summed E-state index contributed by atoms with van der Waals surface area (Å²) in [6.45, 7) is 13.0. The van der Waals surface area contributed by atoms with Crippen LogP contribution in [0.1, 0.15) is 0 Å². The molecular weight excluding hydrogens is 252 g/mol. The van der Waals surface area contributed by atoms with Crippen LogP contribution in [0.25, 0.3) is 0 Å². The van der Waals surface area contributed by atoms with Gasteiger partial charge in [0.25, 0.3) is 0 Å². The Bertz CT molecular complexity index is 436. The van der Waals surface area contributed by atoms with Crippen LogP contribution in [0, 0.1) is 0 Å². The Labute approximate surface area is 120 Å². The van der Waals surface area contributed by atoms with E-state index in [1.54, 1.807) is 18.2 Å². The van der Waals surface area contributed by atoms with E-state index in [0.29, 0.717) is 37.5 Å². The van der Waals surface area contributed by atoms with Crippen LogP contribution in [0.2, 0.25) is 0 Å². The molecule has 0 aliphatic rings. The predicted octanol–water partition coefficient (Wildman–Crippen LogP) is 1.71. The van der Waals surface area contributed by atoms with Crippen molar-refractivity contribution in [3.63, 3.8) is 0 Å². The maximum atomic E-state index is 4.45. The number of likely N-dealkylation sites (N-methyl/N-ethyl adjacent to an activating group) is 2. The quantitative estimate of drug-likeness (QED) is 0.692. The average Bonchev–Trinajstić information content (AvgIpc) is 2.45. The third-order valence-corrected chi connectivity index (χ3v) is 2.51. The van der Waals surface area contributed by atoms with Gasteiger partial charge in [-0.25, -0.2) is 0 Å². The monoisotopic (exact) mass is 274 g/mol. The average molecular weight is 274 g/mol. The first-order chi connectivity index (χ1) is 9.62. The number of hydrogen-bond acceptors (Lipinski definition) is 6. The van der Waals surface area contributed by atoms with E-state index in [-0.39, 0.29) is 0 Å². The van der Waals surface area contributed by atoms with Crippen LogP contribution in [0.15, 0.2) is 38.0 Å².